The summed E-state index contributed by atoms with van der Waals surface area (Å²) in [4.78, 5) is 15.1. The number of benzene rings is 1. The van der Waals surface area contributed by atoms with Crippen LogP contribution >= 0.6 is 35.3 Å². The minimum atomic E-state index is 0. The molecule has 1 fully saturated rings. The van der Waals surface area contributed by atoms with E-state index in [-0.39, 0.29) is 24.0 Å². The van der Waals surface area contributed by atoms with Crippen LogP contribution in [-0.4, -0.2) is 62.2 Å². The molecule has 0 radical (unpaired) electrons. The Kier molecular flexibility index (Phi) is 10.7. The standard InChI is InChI=1S/C21H32N6S.HI/c1-3-19-16-24-20(28-19)17-25-21(22-2)23-10-7-11-26-12-14-27(15-13-26)18-8-5-4-6-9-18;/h4-6,8-9,16H,3,7,10-15,17H2,1-2H3,(H2,22,23,25);1H. The van der Waals surface area contributed by atoms with Crippen LogP contribution in [0.2, 0.25) is 0 Å². The Morgan fingerprint density at radius 3 is 2.55 bits per heavy atom. The zero-order chi connectivity index (χ0) is 19.6. The number of rotatable bonds is 8. The molecule has 1 aromatic carbocycles. The summed E-state index contributed by atoms with van der Waals surface area (Å²) in [7, 11) is 1.82. The van der Waals surface area contributed by atoms with Crippen molar-refractivity contribution >= 4 is 47.0 Å². The average Bonchev–Trinajstić information content (AvgIpc) is 3.22. The van der Waals surface area contributed by atoms with Crippen molar-refractivity contribution in [1.82, 2.24) is 20.5 Å². The minimum absolute atomic E-state index is 0. The summed E-state index contributed by atoms with van der Waals surface area (Å²) in [5, 5.41) is 7.87. The number of nitrogens with zero attached hydrogens (tertiary/aromatic N) is 4. The number of hydrogen-bond acceptors (Lipinski definition) is 5. The highest BCUT2D eigenvalue weighted by Crippen LogP contribution is 2.15. The van der Waals surface area contributed by atoms with Crippen molar-refractivity contribution in [3.8, 4) is 0 Å². The van der Waals surface area contributed by atoms with Gasteiger partial charge in [-0.15, -0.1) is 35.3 Å². The normalized spacial score (nSPS) is 15.1. The second-order valence-electron chi connectivity index (χ2n) is 6.94. The van der Waals surface area contributed by atoms with Gasteiger partial charge < -0.3 is 15.5 Å². The lowest BCUT2D eigenvalue weighted by molar-refractivity contribution is 0.255. The molecule has 3 rings (SSSR count). The van der Waals surface area contributed by atoms with Crippen LogP contribution in [0.25, 0.3) is 0 Å². The summed E-state index contributed by atoms with van der Waals surface area (Å²) >= 11 is 1.76. The van der Waals surface area contributed by atoms with E-state index < -0.39 is 0 Å². The fraction of sp³-hybridized carbons (Fsp3) is 0.524. The topological polar surface area (TPSA) is 55.8 Å². The van der Waals surface area contributed by atoms with E-state index in [9.17, 15) is 0 Å². The number of anilines is 1. The first-order valence-electron chi connectivity index (χ1n) is 10.2. The van der Waals surface area contributed by atoms with Crippen LogP contribution in [0.4, 0.5) is 5.69 Å². The summed E-state index contributed by atoms with van der Waals surface area (Å²) < 4.78 is 0. The molecule has 0 bridgehead atoms. The maximum absolute atomic E-state index is 4.44. The number of aryl methyl sites for hydroxylation is 1. The van der Waals surface area contributed by atoms with E-state index in [4.69, 9.17) is 0 Å². The van der Waals surface area contributed by atoms with Crippen molar-refractivity contribution < 1.29 is 0 Å². The van der Waals surface area contributed by atoms with Gasteiger partial charge in [-0.2, -0.15) is 0 Å². The van der Waals surface area contributed by atoms with Gasteiger partial charge in [-0.1, -0.05) is 25.1 Å². The number of thiazole rings is 1. The fourth-order valence-electron chi connectivity index (χ4n) is 3.35. The van der Waals surface area contributed by atoms with E-state index in [0.29, 0.717) is 0 Å². The molecule has 2 heterocycles. The molecule has 1 aliphatic rings. The largest absolute Gasteiger partial charge is 0.369 e. The third kappa shape index (κ3) is 7.75. The number of hydrogen-bond donors (Lipinski definition) is 2. The van der Waals surface area contributed by atoms with Crippen molar-refractivity contribution in [2.75, 3.05) is 51.2 Å². The third-order valence-corrected chi connectivity index (χ3v) is 6.16. The van der Waals surface area contributed by atoms with Crippen molar-refractivity contribution in [1.29, 1.82) is 0 Å². The van der Waals surface area contributed by atoms with Crippen LogP contribution < -0.4 is 15.5 Å². The number of para-hydroxylation sites is 1. The van der Waals surface area contributed by atoms with E-state index in [1.54, 1.807) is 11.3 Å². The minimum Gasteiger partial charge on any atom is -0.369 e. The second kappa shape index (κ2) is 13.0. The van der Waals surface area contributed by atoms with Crippen LogP contribution in [0.5, 0.6) is 0 Å². The Hall–Kier alpha value is -1.39. The Labute approximate surface area is 195 Å². The molecule has 1 saturated heterocycles. The van der Waals surface area contributed by atoms with E-state index in [1.165, 1.54) is 10.6 Å². The van der Waals surface area contributed by atoms with Crippen LogP contribution in [-0.2, 0) is 13.0 Å². The molecule has 29 heavy (non-hydrogen) atoms. The summed E-state index contributed by atoms with van der Waals surface area (Å²) in [6, 6.07) is 10.7. The highest BCUT2D eigenvalue weighted by molar-refractivity contribution is 14.0. The Bertz CT molecular complexity index is 728. The Morgan fingerprint density at radius 2 is 1.90 bits per heavy atom. The lowest BCUT2D eigenvalue weighted by Crippen LogP contribution is -2.47. The number of aromatic nitrogens is 1. The first-order chi connectivity index (χ1) is 13.8. The third-order valence-electron chi connectivity index (χ3n) is 5.02. The molecule has 8 heteroatoms. The number of nitrogens with one attached hydrogen (secondary N) is 2. The monoisotopic (exact) mass is 528 g/mol. The van der Waals surface area contributed by atoms with Gasteiger partial charge in [-0.05, 0) is 31.5 Å². The quantitative estimate of drug-likeness (QED) is 0.239. The molecule has 1 aromatic heterocycles. The van der Waals surface area contributed by atoms with Gasteiger partial charge in [0.15, 0.2) is 5.96 Å². The molecule has 2 N–H and O–H groups in total. The Balaban J connectivity index is 0.00000300. The summed E-state index contributed by atoms with van der Waals surface area (Å²) in [6.07, 6.45) is 4.13. The van der Waals surface area contributed by atoms with E-state index >= 15 is 0 Å². The first-order valence-corrected chi connectivity index (χ1v) is 11.0. The van der Waals surface area contributed by atoms with Crippen molar-refractivity contribution in [3.63, 3.8) is 0 Å². The van der Waals surface area contributed by atoms with Crippen molar-refractivity contribution in [3.05, 3.63) is 46.4 Å². The molecule has 6 nitrogen and oxygen atoms in total. The smallest absolute Gasteiger partial charge is 0.191 e. The predicted molar refractivity (Wildman–Crippen MR) is 135 cm³/mol. The van der Waals surface area contributed by atoms with E-state index in [1.807, 2.05) is 13.2 Å². The number of piperazine rings is 1. The maximum Gasteiger partial charge on any atom is 0.191 e. The van der Waals surface area contributed by atoms with Gasteiger partial charge in [0.05, 0.1) is 6.54 Å². The maximum atomic E-state index is 4.44. The first kappa shape index (κ1) is 23.9. The number of guanidine groups is 1. The van der Waals surface area contributed by atoms with Gasteiger partial charge in [-0.25, -0.2) is 4.98 Å². The summed E-state index contributed by atoms with van der Waals surface area (Å²) in [6.45, 7) is 9.41. The second-order valence-corrected chi connectivity index (χ2v) is 8.14. The molecule has 0 unspecified atom stereocenters. The van der Waals surface area contributed by atoms with Crippen molar-refractivity contribution in [2.24, 2.45) is 4.99 Å². The SMILES string of the molecule is CCc1cnc(CNC(=NC)NCCCN2CCN(c3ccccc3)CC2)s1.I. The number of halogens is 1. The molecule has 0 saturated carbocycles. The number of aliphatic imine (C=N–C) groups is 1. The van der Waals surface area contributed by atoms with Gasteiger partial charge in [0.25, 0.3) is 0 Å². The average molecular weight is 529 g/mol. The van der Waals surface area contributed by atoms with E-state index in [2.05, 4.69) is 67.7 Å². The van der Waals surface area contributed by atoms with Gasteiger partial charge in [-0.3, -0.25) is 9.89 Å². The molecule has 0 aliphatic carbocycles. The van der Waals surface area contributed by atoms with Gasteiger partial charge in [0.2, 0.25) is 0 Å². The van der Waals surface area contributed by atoms with Crippen molar-refractivity contribution in [2.45, 2.75) is 26.3 Å². The van der Waals surface area contributed by atoms with Gasteiger partial charge in [0.1, 0.15) is 5.01 Å². The lowest BCUT2D eigenvalue weighted by Gasteiger charge is -2.36. The summed E-state index contributed by atoms with van der Waals surface area (Å²) in [5.41, 5.74) is 1.34. The summed E-state index contributed by atoms with van der Waals surface area (Å²) in [5.74, 6) is 0.849. The van der Waals surface area contributed by atoms with Crippen LogP contribution in [0.3, 0.4) is 0 Å². The van der Waals surface area contributed by atoms with Crippen LogP contribution in [0.15, 0.2) is 41.5 Å². The van der Waals surface area contributed by atoms with Crippen LogP contribution in [0.1, 0.15) is 23.2 Å². The zero-order valence-electron chi connectivity index (χ0n) is 17.4. The fourth-order valence-corrected chi connectivity index (χ4v) is 4.15. The highest BCUT2D eigenvalue weighted by Gasteiger charge is 2.16. The molecule has 0 amide bonds. The van der Waals surface area contributed by atoms with E-state index in [0.717, 1.165) is 69.6 Å². The Morgan fingerprint density at radius 1 is 1.14 bits per heavy atom. The van der Waals surface area contributed by atoms with Gasteiger partial charge >= 0.3 is 0 Å². The van der Waals surface area contributed by atoms with Gasteiger partial charge in [0, 0.05) is 56.5 Å². The predicted octanol–water partition coefficient (Wildman–Crippen LogP) is 3.20. The zero-order valence-corrected chi connectivity index (χ0v) is 20.6. The molecule has 0 atom stereocenters. The molecular weight excluding hydrogens is 495 g/mol. The van der Waals surface area contributed by atoms with Crippen LogP contribution in [0, 0.1) is 0 Å². The molecule has 2 aromatic rings. The molecule has 1 aliphatic heterocycles. The highest BCUT2D eigenvalue weighted by atomic mass is 127. The molecule has 0 spiro atoms. The lowest BCUT2D eigenvalue weighted by atomic mass is 10.2. The molecular formula is C21H33IN6S. The molecule has 160 valence electrons.